The molecular weight excluding hydrogens is 533 g/mol. The van der Waals surface area contributed by atoms with E-state index in [0.717, 1.165) is 42.7 Å². The number of carbonyl (C=O) groups excluding carboxylic acids is 2. The first kappa shape index (κ1) is 27.5. The van der Waals surface area contributed by atoms with E-state index in [2.05, 4.69) is 4.90 Å². The van der Waals surface area contributed by atoms with Gasteiger partial charge in [-0.25, -0.2) is 4.79 Å². The zero-order chi connectivity index (χ0) is 27.5. The Labute approximate surface area is 239 Å². The fraction of sp³-hybridized carbons (Fsp3) is 0.355. The number of hydrogen-bond donors (Lipinski definition) is 1. The molecule has 2 saturated heterocycles. The zero-order valence-corrected chi connectivity index (χ0v) is 23.3. The van der Waals surface area contributed by atoms with Crippen molar-refractivity contribution in [1.29, 1.82) is 0 Å². The molecule has 2 N–H and O–H groups in total. The van der Waals surface area contributed by atoms with Crippen molar-refractivity contribution in [2.75, 3.05) is 26.2 Å². The third kappa shape index (κ3) is 6.08. The van der Waals surface area contributed by atoms with Gasteiger partial charge in [0.05, 0.1) is 10.0 Å². The molecular formula is C31H33Cl2N3O3. The number of ether oxygens (including phenoxy) is 1. The minimum Gasteiger partial charge on any atom is -0.438 e. The fourth-order valence-electron chi connectivity index (χ4n) is 6.08. The molecule has 5 rings (SSSR count). The Morgan fingerprint density at radius 3 is 2.21 bits per heavy atom. The molecule has 1 atom stereocenters. The maximum atomic E-state index is 13.3. The standard InChI is InChI=1S/C31H33Cl2N3O3/c32-26-12-11-25(19-27(26)33)30(20-28(37)36(22-30)21-23-7-3-1-4-8-23)13-16-35-17-14-31(15-18-35,39-29(34)38)24-9-5-2-6-10-24/h1-12,19H,13-18,20-22H2,(H2,34,38). The lowest BCUT2D eigenvalue weighted by molar-refractivity contribution is -0.128. The summed E-state index contributed by atoms with van der Waals surface area (Å²) < 4.78 is 5.72. The predicted octanol–water partition coefficient (Wildman–Crippen LogP) is 6.14. The number of likely N-dealkylation sites (tertiary alicyclic amines) is 2. The van der Waals surface area contributed by atoms with Crippen LogP contribution in [-0.4, -0.2) is 48.0 Å². The van der Waals surface area contributed by atoms with Gasteiger partial charge in [0.25, 0.3) is 0 Å². The van der Waals surface area contributed by atoms with Crippen LogP contribution in [0.5, 0.6) is 0 Å². The van der Waals surface area contributed by atoms with Gasteiger partial charge in [0, 0.05) is 50.9 Å². The Bertz CT molecular complexity index is 1310. The number of nitrogens with zero attached hydrogens (tertiary/aromatic N) is 2. The number of nitrogens with two attached hydrogens (primary N) is 1. The molecule has 2 aliphatic rings. The smallest absolute Gasteiger partial charge is 0.405 e. The summed E-state index contributed by atoms with van der Waals surface area (Å²) in [5, 5.41) is 1.00. The molecule has 8 heteroatoms. The Morgan fingerprint density at radius 1 is 0.897 bits per heavy atom. The van der Waals surface area contributed by atoms with Crippen LogP contribution in [-0.2, 0) is 27.1 Å². The molecule has 0 bridgehead atoms. The first-order valence-electron chi connectivity index (χ1n) is 13.3. The SMILES string of the molecule is NC(=O)OC1(c2ccccc2)CCN(CCC2(c3ccc(Cl)c(Cl)c3)CC(=O)N(Cc3ccccc3)C2)CC1. The van der Waals surface area contributed by atoms with E-state index in [4.69, 9.17) is 33.7 Å². The van der Waals surface area contributed by atoms with Gasteiger partial charge in [-0.15, -0.1) is 0 Å². The Kier molecular flexibility index (Phi) is 8.17. The molecule has 2 amide bonds. The van der Waals surface area contributed by atoms with Crippen LogP contribution in [0.3, 0.4) is 0 Å². The molecule has 0 saturated carbocycles. The molecule has 204 valence electrons. The second kappa shape index (κ2) is 11.6. The Balaban J connectivity index is 1.33. The largest absolute Gasteiger partial charge is 0.438 e. The van der Waals surface area contributed by atoms with Gasteiger partial charge in [0.15, 0.2) is 0 Å². The lowest BCUT2D eigenvalue weighted by atomic mass is 9.76. The van der Waals surface area contributed by atoms with Crippen LogP contribution in [0.15, 0.2) is 78.9 Å². The van der Waals surface area contributed by atoms with Crippen molar-refractivity contribution < 1.29 is 14.3 Å². The highest BCUT2D eigenvalue weighted by molar-refractivity contribution is 6.42. The Hall–Kier alpha value is -3.06. The summed E-state index contributed by atoms with van der Waals surface area (Å²) in [6, 6.07) is 25.6. The quantitative estimate of drug-likeness (QED) is 0.356. The van der Waals surface area contributed by atoms with Gasteiger partial charge in [-0.2, -0.15) is 0 Å². The van der Waals surface area contributed by atoms with Crippen LogP contribution in [0.2, 0.25) is 10.0 Å². The number of benzene rings is 3. The van der Waals surface area contributed by atoms with Gasteiger partial charge < -0.3 is 20.3 Å². The van der Waals surface area contributed by atoms with Crippen molar-refractivity contribution in [3.63, 3.8) is 0 Å². The van der Waals surface area contributed by atoms with Crippen molar-refractivity contribution in [2.24, 2.45) is 5.73 Å². The summed E-state index contributed by atoms with van der Waals surface area (Å²) >= 11 is 12.7. The summed E-state index contributed by atoms with van der Waals surface area (Å²) in [5.41, 5.74) is 7.49. The van der Waals surface area contributed by atoms with Crippen LogP contribution < -0.4 is 5.73 Å². The van der Waals surface area contributed by atoms with Gasteiger partial charge >= 0.3 is 6.09 Å². The van der Waals surface area contributed by atoms with Gasteiger partial charge in [0.2, 0.25) is 5.91 Å². The summed E-state index contributed by atoms with van der Waals surface area (Å²) in [7, 11) is 0. The molecule has 2 aliphatic heterocycles. The zero-order valence-electron chi connectivity index (χ0n) is 21.8. The highest BCUT2D eigenvalue weighted by atomic mass is 35.5. The molecule has 3 aromatic rings. The molecule has 6 nitrogen and oxygen atoms in total. The van der Waals surface area contributed by atoms with E-state index in [0.29, 0.717) is 42.4 Å². The highest BCUT2D eigenvalue weighted by Gasteiger charge is 2.45. The lowest BCUT2D eigenvalue weighted by Crippen LogP contribution is -2.47. The first-order valence-corrected chi connectivity index (χ1v) is 14.1. The average Bonchev–Trinajstić information content (AvgIpc) is 3.26. The van der Waals surface area contributed by atoms with Crippen LogP contribution in [0.25, 0.3) is 0 Å². The molecule has 39 heavy (non-hydrogen) atoms. The molecule has 2 fully saturated rings. The number of halogens is 2. The maximum absolute atomic E-state index is 13.3. The monoisotopic (exact) mass is 565 g/mol. The molecule has 0 aliphatic carbocycles. The number of amides is 2. The third-order valence-corrected chi connectivity index (χ3v) is 8.99. The number of rotatable bonds is 8. The van der Waals surface area contributed by atoms with Crippen LogP contribution in [0, 0.1) is 0 Å². The second-order valence-electron chi connectivity index (χ2n) is 10.7. The Morgan fingerprint density at radius 2 is 1.56 bits per heavy atom. The summed E-state index contributed by atoms with van der Waals surface area (Å²) in [4.78, 5) is 29.4. The van der Waals surface area contributed by atoms with E-state index >= 15 is 0 Å². The van der Waals surface area contributed by atoms with Crippen molar-refractivity contribution in [1.82, 2.24) is 9.80 Å². The lowest BCUT2D eigenvalue weighted by Gasteiger charge is -2.42. The predicted molar refractivity (Wildman–Crippen MR) is 154 cm³/mol. The normalized spacial score (nSPS) is 21.2. The van der Waals surface area contributed by atoms with Crippen LogP contribution >= 0.6 is 23.2 Å². The van der Waals surface area contributed by atoms with Gasteiger partial charge in [-0.1, -0.05) is 89.9 Å². The van der Waals surface area contributed by atoms with E-state index in [-0.39, 0.29) is 11.3 Å². The van der Waals surface area contributed by atoms with Crippen molar-refractivity contribution in [3.05, 3.63) is 106 Å². The van der Waals surface area contributed by atoms with Gasteiger partial charge in [0.1, 0.15) is 5.60 Å². The summed E-state index contributed by atoms with van der Waals surface area (Å²) in [5.74, 6) is 0.140. The van der Waals surface area contributed by atoms with Crippen molar-refractivity contribution in [2.45, 2.75) is 43.2 Å². The third-order valence-electron chi connectivity index (χ3n) is 8.25. The number of piperidine rings is 1. The van der Waals surface area contributed by atoms with Crippen molar-refractivity contribution in [3.8, 4) is 0 Å². The number of primary amides is 1. The fourth-order valence-corrected chi connectivity index (χ4v) is 6.38. The van der Waals surface area contributed by atoms with E-state index in [9.17, 15) is 9.59 Å². The van der Waals surface area contributed by atoms with E-state index < -0.39 is 11.7 Å². The molecule has 1 unspecified atom stereocenters. The van der Waals surface area contributed by atoms with Crippen molar-refractivity contribution >= 4 is 35.2 Å². The molecule has 2 heterocycles. The molecule has 0 spiro atoms. The minimum absolute atomic E-state index is 0.140. The summed E-state index contributed by atoms with van der Waals surface area (Å²) in [6.07, 6.45) is 1.76. The first-order chi connectivity index (χ1) is 18.8. The number of hydrogen-bond acceptors (Lipinski definition) is 4. The van der Waals surface area contributed by atoms with Gasteiger partial charge in [-0.3, -0.25) is 4.79 Å². The van der Waals surface area contributed by atoms with E-state index in [1.165, 1.54) is 0 Å². The van der Waals surface area contributed by atoms with Gasteiger partial charge in [-0.05, 0) is 41.8 Å². The van der Waals surface area contributed by atoms with Crippen LogP contribution in [0.4, 0.5) is 4.79 Å². The average molecular weight is 567 g/mol. The highest BCUT2D eigenvalue weighted by Crippen LogP contribution is 2.42. The molecule has 0 aromatic heterocycles. The van der Waals surface area contributed by atoms with E-state index in [1.54, 1.807) is 0 Å². The minimum atomic E-state index is -0.756. The summed E-state index contributed by atoms with van der Waals surface area (Å²) in [6.45, 7) is 3.50. The molecule has 3 aromatic carbocycles. The topological polar surface area (TPSA) is 75.9 Å². The number of carbonyl (C=O) groups is 2. The molecule has 0 radical (unpaired) electrons. The van der Waals surface area contributed by atoms with E-state index in [1.807, 2.05) is 83.8 Å². The van der Waals surface area contributed by atoms with Crippen LogP contribution in [0.1, 0.15) is 42.4 Å². The second-order valence-corrected chi connectivity index (χ2v) is 11.5. The maximum Gasteiger partial charge on any atom is 0.405 e.